The zero-order chi connectivity index (χ0) is 14.2. The van der Waals surface area contributed by atoms with E-state index in [2.05, 4.69) is 27.2 Å². The summed E-state index contributed by atoms with van der Waals surface area (Å²) in [6.45, 7) is 3.37. The van der Waals surface area contributed by atoms with E-state index in [0.29, 0.717) is 12.5 Å². The summed E-state index contributed by atoms with van der Waals surface area (Å²) in [6, 6.07) is 3.75. The van der Waals surface area contributed by atoms with Crippen molar-refractivity contribution in [1.82, 2.24) is 19.5 Å². The van der Waals surface area contributed by atoms with Gasteiger partial charge in [-0.1, -0.05) is 25.8 Å². The van der Waals surface area contributed by atoms with E-state index in [1.807, 2.05) is 12.1 Å². The molecule has 6 nitrogen and oxygen atoms in total. The lowest BCUT2D eigenvalue weighted by Gasteiger charge is -2.06. The fraction of sp³-hybridized carbons (Fsp3) is 0.429. The highest BCUT2D eigenvalue weighted by Gasteiger charge is 2.02. The summed E-state index contributed by atoms with van der Waals surface area (Å²) in [5.41, 5.74) is 0.642. The summed E-state index contributed by atoms with van der Waals surface area (Å²) >= 11 is 0. The van der Waals surface area contributed by atoms with E-state index in [9.17, 15) is 4.79 Å². The van der Waals surface area contributed by atoms with Crippen LogP contribution < -0.4 is 11.0 Å². The zero-order valence-electron chi connectivity index (χ0n) is 11.6. The van der Waals surface area contributed by atoms with Gasteiger partial charge in [-0.3, -0.25) is 9.55 Å². The van der Waals surface area contributed by atoms with Crippen molar-refractivity contribution in [2.45, 2.75) is 32.7 Å². The lowest BCUT2D eigenvalue weighted by Crippen LogP contribution is -2.25. The van der Waals surface area contributed by atoms with Gasteiger partial charge in [-0.05, 0) is 18.1 Å². The summed E-state index contributed by atoms with van der Waals surface area (Å²) in [5, 5.41) is 3.06. The lowest BCUT2D eigenvalue weighted by atomic mass is 10.2. The molecule has 0 unspecified atom stereocenters. The molecule has 2 aromatic rings. The zero-order valence-corrected chi connectivity index (χ0v) is 11.6. The van der Waals surface area contributed by atoms with Gasteiger partial charge in [-0.15, -0.1) is 0 Å². The molecule has 106 valence electrons. The van der Waals surface area contributed by atoms with Gasteiger partial charge < -0.3 is 5.32 Å². The minimum Gasteiger partial charge on any atom is -0.354 e. The molecule has 2 aromatic heterocycles. The maximum absolute atomic E-state index is 11.9. The standard InChI is InChI=1S/C14H19N5O/c1-2-3-4-8-16-13-17-11-19(14(20)18-13)10-12-6-5-7-15-9-12/h5-7,9,11H,2-4,8,10H2,1H3,(H,16,18,20). The van der Waals surface area contributed by atoms with Gasteiger partial charge in [0, 0.05) is 18.9 Å². The highest BCUT2D eigenvalue weighted by atomic mass is 16.1. The third-order valence-electron chi connectivity index (χ3n) is 2.91. The van der Waals surface area contributed by atoms with E-state index in [1.54, 1.807) is 12.4 Å². The normalized spacial score (nSPS) is 10.4. The Morgan fingerprint density at radius 2 is 2.25 bits per heavy atom. The molecule has 0 amide bonds. The molecule has 0 fully saturated rings. The van der Waals surface area contributed by atoms with Crippen molar-refractivity contribution in [1.29, 1.82) is 0 Å². The summed E-state index contributed by atoms with van der Waals surface area (Å²) in [5.74, 6) is 0.397. The van der Waals surface area contributed by atoms with Gasteiger partial charge in [0.05, 0.1) is 6.54 Å². The average Bonchev–Trinajstić information content (AvgIpc) is 2.47. The first kappa shape index (κ1) is 14.2. The molecule has 2 rings (SSSR count). The number of nitrogens with one attached hydrogen (secondary N) is 1. The summed E-state index contributed by atoms with van der Waals surface area (Å²) < 4.78 is 1.47. The van der Waals surface area contributed by atoms with Gasteiger partial charge in [0.2, 0.25) is 5.95 Å². The molecule has 1 N–H and O–H groups in total. The third kappa shape index (κ3) is 4.15. The van der Waals surface area contributed by atoms with Crippen molar-refractivity contribution in [2.75, 3.05) is 11.9 Å². The first-order chi connectivity index (χ1) is 9.79. The van der Waals surface area contributed by atoms with Gasteiger partial charge in [0.1, 0.15) is 6.33 Å². The molecular formula is C14H19N5O. The topological polar surface area (TPSA) is 72.7 Å². The molecule has 2 heterocycles. The first-order valence-corrected chi connectivity index (χ1v) is 6.86. The third-order valence-corrected chi connectivity index (χ3v) is 2.91. The molecule has 6 heteroatoms. The summed E-state index contributed by atoms with van der Waals surface area (Å²) in [4.78, 5) is 24.0. The highest BCUT2D eigenvalue weighted by molar-refractivity contribution is 5.20. The van der Waals surface area contributed by atoms with E-state index in [1.165, 1.54) is 10.9 Å². The van der Waals surface area contributed by atoms with Gasteiger partial charge in [0.15, 0.2) is 0 Å². The number of rotatable bonds is 7. The van der Waals surface area contributed by atoms with Crippen LogP contribution in [-0.4, -0.2) is 26.1 Å². The van der Waals surface area contributed by atoms with E-state index < -0.39 is 0 Å². The number of hydrogen-bond donors (Lipinski definition) is 1. The van der Waals surface area contributed by atoms with Crippen LogP contribution in [0.2, 0.25) is 0 Å². The Morgan fingerprint density at radius 3 is 2.95 bits per heavy atom. The molecule has 20 heavy (non-hydrogen) atoms. The maximum atomic E-state index is 11.9. The number of aromatic nitrogens is 4. The number of anilines is 1. The van der Waals surface area contributed by atoms with Gasteiger partial charge in [-0.2, -0.15) is 4.98 Å². The van der Waals surface area contributed by atoms with Crippen LogP contribution in [0, 0.1) is 0 Å². The van der Waals surface area contributed by atoms with Crippen LogP contribution in [-0.2, 0) is 6.54 Å². The summed E-state index contributed by atoms with van der Waals surface area (Å²) in [6.07, 6.45) is 8.32. The molecule has 0 saturated heterocycles. The highest BCUT2D eigenvalue weighted by Crippen LogP contribution is 1.99. The molecule has 0 spiro atoms. The van der Waals surface area contributed by atoms with Crippen LogP contribution in [0.5, 0.6) is 0 Å². The molecule has 0 aliphatic heterocycles. The average molecular weight is 273 g/mol. The van der Waals surface area contributed by atoms with Crippen molar-refractivity contribution in [3.8, 4) is 0 Å². The minimum atomic E-state index is -0.304. The van der Waals surface area contributed by atoms with Crippen LogP contribution in [0.4, 0.5) is 5.95 Å². The fourth-order valence-electron chi connectivity index (χ4n) is 1.81. The smallest absolute Gasteiger partial charge is 0.352 e. The largest absolute Gasteiger partial charge is 0.354 e. The summed E-state index contributed by atoms with van der Waals surface area (Å²) in [7, 11) is 0. The first-order valence-electron chi connectivity index (χ1n) is 6.86. The van der Waals surface area contributed by atoms with Gasteiger partial charge in [-0.25, -0.2) is 9.78 Å². The maximum Gasteiger partial charge on any atom is 0.352 e. The van der Waals surface area contributed by atoms with Crippen molar-refractivity contribution in [2.24, 2.45) is 0 Å². The quantitative estimate of drug-likeness (QED) is 0.777. The van der Waals surface area contributed by atoms with E-state index >= 15 is 0 Å². The van der Waals surface area contributed by atoms with Crippen molar-refractivity contribution in [3.05, 3.63) is 46.9 Å². The molecule has 0 aliphatic rings. The van der Waals surface area contributed by atoms with Crippen LogP contribution in [0.25, 0.3) is 0 Å². The fourth-order valence-corrected chi connectivity index (χ4v) is 1.81. The van der Waals surface area contributed by atoms with E-state index in [-0.39, 0.29) is 5.69 Å². The number of hydrogen-bond acceptors (Lipinski definition) is 5. The van der Waals surface area contributed by atoms with Gasteiger partial charge in [0.25, 0.3) is 0 Å². The Bertz CT molecular complexity index is 582. The Kier molecular flexibility index (Phi) is 5.23. The van der Waals surface area contributed by atoms with E-state index in [4.69, 9.17) is 0 Å². The molecule has 0 atom stereocenters. The van der Waals surface area contributed by atoms with Crippen LogP contribution in [0.15, 0.2) is 35.6 Å². The number of unbranched alkanes of at least 4 members (excludes halogenated alkanes) is 2. The molecule has 0 radical (unpaired) electrons. The Balaban J connectivity index is 1.97. The molecule has 0 bridgehead atoms. The van der Waals surface area contributed by atoms with Crippen LogP contribution >= 0.6 is 0 Å². The predicted molar refractivity (Wildman–Crippen MR) is 77.6 cm³/mol. The molecular weight excluding hydrogens is 254 g/mol. The lowest BCUT2D eigenvalue weighted by molar-refractivity contribution is 0.693. The molecule has 0 aliphatic carbocycles. The van der Waals surface area contributed by atoms with Crippen molar-refractivity contribution < 1.29 is 0 Å². The monoisotopic (exact) mass is 273 g/mol. The Morgan fingerprint density at radius 1 is 1.35 bits per heavy atom. The van der Waals surface area contributed by atoms with Gasteiger partial charge >= 0.3 is 5.69 Å². The Labute approximate surface area is 117 Å². The second-order valence-electron chi connectivity index (χ2n) is 4.59. The second kappa shape index (κ2) is 7.37. The molecule has 0 aromatic carbocycles. The van der Waals surface area contributed by atoms with Crippen molar-refractivity contribution in [3.63, 3.8) is 0 Å². The SMILES string of the molecule is CCCCCNc1ncn(Cc2cccnc2)c(=O)n1. The van der Waals surface area contributed by atoms with Crippen LogP contribution in [0.1, 0.15) is 31.7 Å². The van der Waals surface area contributed by atoms with Crippen molar-refractivity contribution >= 4 is 5.95 Å². The minimum absolute atomic E-state index is 0.304. The predicted octanol–water partition coefficient (Wildman–Crippen LogP) is 1.68. The van der Waals surface area contributed by atoms with Crippen LogP contribution in [0.3, 0.4) is 0 Å². The Hall–Kier alpha value is -2.24. The van der Waals surface area contributed by atoms with E-state index in [0.717, 1.165) is 31.4 Å². The second-order valence-corrected chi connectivity index (χ2v) is 4.59. The number of pyridine rings is 1. The number of nitrogens with zero attached hydrogens (tertiary/aromatic N) is 4. The molecule has 0 saturated carbocycles.